The van der Waals surface area contributed by atoms with Crippen molar-refractivity contribution in [2.24, 2.45) is 0 Å². The minimum absolute atomic E-state index is 0.151. The first-order valence-electron chi connectivity index (χ1n) is 4.89. The molecule has 0 saturated carbocycles. The summed E-state index contributed by atoms with van der Waals surface area (Å²) in [4.78, 5) is 0. The van der Waals surface area contributed by atoms with Gasteiger partial charge in [0.2, 0.25) is 0 Å². The van der Waals surface area contributed by atoms with Crippen molar-refractivity contribution in [3.05, 3.63) is 0 Å². The van der Waals surface area contributed by atoms with E-state index < -0.39 is 10.6 Å². The van der Waals surface area contributed by atoms with Gasteiger partial charge in [-0.15, -0.1) is 22.5 Å². The molecule has 0 amide bonds. The molecule has 1 aliphatic rings. The molecule has 0 aliphatic carbocycles. The Morgan fingerprint density at radius 3 is 1.53 bits per heavy atom. The number of thiol groups is 2. The molecule has 2 atom stereocenters. The Kier molecular flexibility index (Phi) is 4.31. The number of rotatable bonds is 1. The summed E-state index contributed by atoms with van der Waals surface area (Å²) in [5.41, 5.74) is 0. The fourth-order valence-electron chi connectivity index (χ4n) is 1.64. The standard InChI is InChI=1S/C8H26N4S3/c1-9(2)15(8)11(4)13(6)10(3)14(7)12(15)5/h13-14H,1-8H3. The summed E-state index contributed by atoms with van der Waals surface area (Å²) in [6, 6.07) is 0. The average Bonchev–Trinajstić information content (AvgIpc) is 2.20. The first-order chi connectivity index (χ1) is 6.74. The quantitative estimate of drug-likeness (QED) is 0.702. The van der Waals surface area contributed by atoms with Crippen molar-refractivity contribution in [1.82, 2.24) is 15.4 Å². The highest BCUT2D eigenvalue weighted by atomic mass is 32.4. The molecule has 1 saturated heterocycles. The lowest BCUT2D eigenvalue weighted by Crippen LogP contribution is -2.47. The van der Waals surface area contributed by atoms with Crippen molar-refractivity contribution >= 4 is 33.1 Å². The minimum atomic E-state index is -0.930. The maximum Gasteiger partial charge on any atom is 0.00891 e. The van der Waals surface area contributed by atoms with Crippen LogP contribution >= 0.6 is 33.1 Å². The predicted molar refractivity (Wildman–Crippen MR) is 80.3 cm³/mol. The molecule has 0 aromatic rings. The number of hydrogen-bond acceptors (Lipinski definition) is 4. The van der Waals surface area contributed by atoms with Crippen molar-refractivity contribution < 1.29 is 0 Å². The van der Waals surface area contributed by atoms with Gasteiger partial charge >= 0.3 is 0 Å². The van der Waals surface area contributed by atoms with Crippen LogP contribution < -0.4 is 0 Å². The van der Waals surface area contributed by atoms with Crippen molar-refractivity contribution in [3.8, 4) is 0 Å². The highest BCUT2D eigenvalue weighted by Gasteiger charge is 2.41. The van der Waals surface area contributed by atoms with Crippen LogP contribution in [0.15, 0.2) is 0 Å². The Bertz CT molecular complexity index is 222. The van der Waals surface area contributed by atoms with E-state index >= 15 is 0 Å². The van der Waals surface area contributed by atoms with Gasteiger partial charge in [-0.05, 0) is 26.6 Å². The van der Waals surface area contributed by atoms with Crippen molar-refractivity contribution in [2.45, 2.75) is 0 Å². The Morgan fingerprint density at radius 1 is 0.933 bits per heavy atom. The molecule has 0 N–H and O–H groups in total. The summed E-state index contributed by atoms with van der Waals surface area (Å²) in [7, 11) is 10.2. The zero-order valence-corrected chi connectivity index (χ0v) is 13.7. The van der Waals surface area contributed by atoms with E-state index in [2.05, 4.69) is 69.4 Å². The lowest BCUT2D eigenvalue weighted by atomic mass is 11.3. The summed E-state index contributed by atoms with van der Waals surface area (Å²) in [6.07, 6.45) is 7.10. The maximum atomic E-state index is 2.56. The average molecular weight is 275 g/mol. The second-order valence-electron chi connectivity index (χ2n) is 4.00. The van der Waals surface area contributed by atoms with Crippen LogP contribution in [0.25, 0.3) is 0 Å². The van der Waals surface area contributed by atoms with Gasteiger partial charge in [0.05, 0.1) is 0 Å². The van der Waals surface area contributed by atoms with Crippen LogP contribution in [0.3, 0.4) is 0 Å². The first-order valence-corrected chi connectivity index (χ1v) is 10.2. The molecule has 96 valence electrons. The van der Waals surface area contributed by atoms with E-state index in [-0.39, 0.29) is 22.5 Å². The molecule has 0 aromatic heterocycles. The van der Waals surface area contributed by atoms with E-state index in [1.165, 1.54) is 0 Å². The van der Waals surface area contributed by atoms with E-state index in [0.717, 1.165) is 0 Å². The van der Waals surface area contributed by atoms with Crippen LogP contribution in [0.5, 0.6) is 0 Å². The van der Waals surface area contributed by atoms with Gasteiger partial charge in [0.15, 0.2) is 0 Å². The first kappa shape index (κ1) is 14.0. The lowest BCUT2D eigenvalue weighted by Gasteiger charge is -2.65. The molecular weight excluding hydrogens is 248 g/mol. The topological polar surface area (TPSA) is 13.0 Å². The fraction of sp³-hybridized carbons (Fsp3) is 1.00. The minimum Gasteiger partial charge on any atom is -0.250 e. The third-order valence-electron chi connectivity index (χ3n) is 3.35. The zero-order chi connectivity index (χ0) is 12.0. The van der Waals surface area contributed by atoms with Crippen LogP contribution in [-0.4, -0.2) is 69.4 Å². The van der Waals surface area contributed by atoms with E-state index in [9.17, 15) is 0 Å². The summed E-state index contributed by atoms with van der Waals surface area (Å²) < 4.78 is 10.0. The third-order valence-corrected chi connectivity index (χ3v) is 14.9. The van der Waals surface area contributed by atoms with E-state index in [1.807, 2.05) is 0 Å². The molecule has 15 heavy (non-hydrogen) atoms. The molecule has 1 heterocycles. The largest absolute Gasteiger partial charge is 0.250 e. The van der Waals surface area contributed by atoms with E-state index in [0.29, 0.717) is 0 Å². The summed E-state index contributed by atoms with van der Waals surface area (Å²) in [6.45, 7) is 0. The van der Waals surface area contributed by atoms with Gasteiger partial charge in [0, 0.05) is 27.4 Å². The second-order valence-corrected chi connectivity index (χ2v) is 12.6. The molecule has 0 aromatic carbocycles. The van der Waals surface area contributed by atoms with Gasteiger partial charge < -0.3 is 0 Å². The van der Waals surface area contributed by atoms with Crippen LogP contribution in [0, 0.1) is 0 Å². The van der Waals surface area contributed by atoms with Gasteiger partial charge in [-0.2, -0.15) is 7.42 Å². The molecule has 2 unspecified atom stereocenters. The smallest absolute Gasteiger partial charge is 0.00891 e. The molecular formula is C8H26N4S3. The molecule has 0 bridgehead atoms. The van der Waals surface area contributed by atoms with Crippen LogP contribution in [0.1, 0.15) is 0 Å². The highest BCUT2D eigenvalue weighted by molar-refractivity contribution is 8.46. The summed E-state index contributed by atoms with van der Waals surface area (Å²) in [5, 5.41) is 0. The Morgan fingerprint density at radius 2 is 1.27 bits per heavy atom. The van der Waals surface area contributed by atoms with Gasteiger partial charge in [0.25, 0.3) is 0 Å². The molecule has 1 fully saturated rings. The van der Waals surface area contributed by atoms with Gasteiger partial charge in [0.1, 0.15) is 0 Å². The van der Waals surface area contributed by atoms with Gasteiger partial charge in [-0.3, -0.25) is 0 Å². The predicted octanol–water partition coefficient (Wildman–Crippen LogP) is 1.46. The molecule has 4 nitrogen and oxygen atoms in total. The van der Waals surface area contributed by atoms with Crippen molar-refractivity contribution in [2.75, 3.05) is 54.0 Å². The SMILES string of the molecule is CN1[SH](C)N(C)S(C)(N(C)C)N(C)[SH]1C. The number of nitrogens with zero attached hydrogens (tertiary/aromatic N) is 4. The zero-order valence-electron chi connectivity index (χ0n) is 11.1. The maximum absolute atomic E-state index is 2.56. The highest BCUT2D eigenvalue weighted by Crippen LogP contribution is 2.69. The second kappa shape index (κ2) is 4.64. The molecule has 1 aliphatic heterocycles. The molecule has 0 radical (unpaired) electrons. The van der Waals surface area contributed by atoms with Gasteiger partial charge in [-0.1, -0.05) is 10.6 Å². The van der Waals surface area contributed by atoms with Crippen LogP contribution in [0.4, 0.5) is 0 Å². The van der Waals surface area contributed by atoms with Crippen LogP contribution in [0.2, 0.25) is 0 Å². The monoisotopic (exact) mass is 274 g/mol. The van der Waals surface area contributed by atoms with Gasteiger partial charge in [-0.25, -0.2) is 8.02 Å². The summed E-state index contributed by atoms with van der Waals surface area (Å²) in [5.74, 6) is 0. The lowest BCUT2D eigenvalue weighted by molar-refractivity contribution is 0.580. The normalized spacial score (nSPS) is 50.5. The van der Waals surface area contributed by atoms with Crippen molar-refractivity contribution in [3.63, 3.8) is 0 Å². The van der Waals surface area contributed by atoms with Crippen LogP contribution in [-0.2, 0) is 0 Å². The Labute approximate surface area is 103 Å². The molecule has 1 rings (SSSR count). The molecule has 7 heteroatoms. The van der Waals surface area contributed by atoms with E-state index in [1.54, 1.807) is 0 Å². The number of hydrogen-bond donors (Lipinski definition) is 2. The van der Waals surface area contributed by atoms with E-state index in [4.69, 9.17) is 0 Å². The third kappa shape index (κ3) is 2.03. The summed E-state index contributed by atoms with van der Waals surface area (Å²) >= 11 is -0.302. The van der Waals surface area contributed by atoms with Crippen molar-refractivity contribution in [1.29, 1.82) is 0 Å². The Hall–Kier alpha value is 0.890. The molecule has 0 spiro atoms. The fourth-order valence-corrected chi connectivity index (χ4v) is 12.1. The Balaban J connectivity index is 3.07.